The second-order valence-corrected chi connectivity index (χ2v) is 4.68. The quantitative estimate of drug-likeness (QED) is 0.838. The maximum Gasteiger partial charge on any atom is 0.0497 e. The molecule has 1 unspecified atom stereocenters. The van der Waals surface area contributed by atoms with Crippen molar-refractivity contribution < 1.29 is 5.11 Å². The Morgan fingerprint density at radius 1 is 1.19 bits per heavy atom. The first-order chi connectivity index (χ1) is 7.65. The van der Waals surface area contributed by atoms with Gasteiger partial charge in [-0.15, -0.1) is 0 Å². The summed E-state index contributed by atoms with van der Waals surface area (Å²) >= 11 is 0. The van der Waals surface area contributed by atoms with Crippen LogP contribution in [-0.4, -0.2) is 16.3 Å². The highest BCUT2D eigenvalue weighted by atomic mass is 16.3. The molecule has 2 nitrogen and oxygen atoms in total. The van der Waals surface area contributed by atoms with Gasteiger partial charge in [-0.05, 0) is 31.5 Å². The van der Waals surface area contributed by atoms with Crippen LogP contribution in [0.15, 0.2) is 30.5 Å². The predicted octanol–water partition coefficient (Wildman–Crippen LogP) is 3.32. The third kappa shape index (κ3) is 1.74. The number of aromatic nitrogens is 1. The maximum absolute atomic E-state index is 9.26. The van der Waals surface area contributed by atoms with Gasteiger partial charge in [0.25, 0.3) is 0 Å². The van der Waals surface area contributed by atoms with E-state index in [1.165, 1.54) is 16.5 Å². The zero-order valence-corrected chi connectivity index (χ0v) is 10.1. The minimum absolute atomic E-state index is 0.200. The molecule has 0 spiro atoms. The first-order valence-electron chi connectivity index (χ1n) is 5.85. The number of rotatable bonds is 3. The monoisotopic (exact) mass is 217 g/mol. The van der Waals surface area contributed by atoms with E-state index >= 15 is 0 Å². The van der Waals surface area contributed by atoms with Gasteiger partial charge in [-0.25, -0.2) is 0 Å². The van der Waals surface area contributed by atoms with Gasteiger partial charge in [0.05, 0.1) is 0 Å². The second kappa shape index (κ2) is 4.30. The summed E-state index contributed by atoms with van der Waals surface area (Å²) < 4.78 is 2.27. The predicted molar refractivity (Wildman–Crippen MR) is 67.8 cm³/mol. The largest absolute Gasteiger partial charge is 0.396 e. The Morgan fingerprint density at radius 3 is 2.56 bits per heavy atom. The van der Waals surface area contributed by atoms with Crippen molar-refractivity contribution in [1.29, 1.82) is 0 Å². The van der Waals surface area contributed by atoms with E-state index in [0.29, 0.717) is 6.04 Å². The molecule has 2 aromatic rings. The number of aliphatic hydroxyl groups is 1. The molecule has 0 radical (unpaired) electrons. The van der Waals surface area contributed by atoms with E-state index in [2.05, 4.69) is 55.8 Å². The molecule has 0 aliphatic rings. The summed E-state index contributed by atoms with van der Waals surface area (Å²) in [5.74, 6) is 0.201. The zero-order valence-electron chi connectivity index (χ0n) is 10.1. The fraction of sp³-hybridized carbons (Fsp3) is 0.429. The average molecular weight is 217 g/mol. The first kappa shape index (κ1) is 11.2. The van der Waals surface area contributed by atoms with Crippen LogP contribution >= 0.6 is 0 Å². The molecule has 1 aromatic carbocycles. The summed E-state index contributed by atoms with van der Waals surface area (Å²) in [5.41, 5.74) is 2.49. The Balaban J connectivity index is 2.62. The van der Waals surface area contributed by atoms with Crippen LogP contribution in [0.1, 0.15) is 38.3 Å². The van der Waals surface area contributed by atoms with E-state index in [4.69, 9.17) is 0 Å². The van der Waals surface area contributed by atoms with Gasteiger partial charge >= 0.3 is 0 Å². The highest BCUT2D eigenvalue weighted by Crippen LogP contribution is 2.27. The minimum atomic E-state index is 0.200. The normalized spacial score (nSPS) is 13.6. The lowest BCUT2D eigenvalue weighted by Gasteiger charge is -2.12. The van der Waals surface area contributed by atoms with Crippen molar-refractivity contribution in [3.8, 4) is 0 Å². The molecular weight excluding hydrogens is 198 g/mol. The molecule has 0 bridgehead atoms. The fourth-order valence-corrected chi connectivity index (χ4v) is 2.19. The van der Waals surface area contributed by atoms with Crippen molar-refractivity contribution in [3.63, 3.8) is 0 Å². The molecule has 2 rings (SSSR count). The Kier molecular flexibility index (Phi) is 3.01. The van der Waals surface area contributed by atoms with Crippen LogP contribution in [0, 0.1) is 0 Å². The Labute approximate surface area is 96.5 Å². The molecule has 0 amide bonds. The summed E-state index contributed by atoms with van der Waals surface area (Å²) in [6, 6.07) is 8.94. The highest BCUT2D eigenvalue weighted by molar-refractivity contribution is 5.84. The first-order valence-corrected chi connectivity index (χ1v) is 5.85. The van der Waals surface area contributed by atoms with E-state index < -0.39 is 0 Å². The van der Waals surface area contributed by atoms with E-state index in [0.717, 1.165) is 0 Å². The molecule has 2 heteroatoms. The van der Waals surface area contributed by atoms with Crippen molar-refractivity contribution >= 4 is 10.9 Å². The van der Waals surface area contributed by atoms with Crippen LogP contribution in [0.4, 0.5) is 0 Å². The van der Waals surface area contributed by atoms with Crippen LogP contribution in [0.3, 0.4) is 0 Å². The number of hydrogen-bond donors (Lipinski definition) is 1. The van der Waals surface area contributed by atoms with Crippen LogP contribution in [-0.2, 0) is 0 Å². The fourth-order valence-electron chi connectivity index (χ4n) is 2.19. The summed E-state index contributed by atoms with van der Waals surface area (Å²) in [6.45, 7) is 6.62. The molecular formula is C14H19NO. The zero-order chi connectivity index (χ0) is 11.7. The van der Waals surface area contributed by atoms with E-state index in [-0.39, 0.29) is 12.5 Å². The van der Waals surface area contributed by atoms with Crippen molar-refractivity contribution in [3.05, 3.63) is 36.0 Å². The standard InChI is InChI=1S/C14H19NO/c1-10(2)15-8-7-13-12(11(3)9-16)5-4-6-14(13)15/h4-8,10-11,16H,9H2,1-3H3. The van der Waals surface area contributed by atoms with Gasteiger partial charge in [-0.1, -0.05) is 19.1 Å². The molecule has 1 atom stereocenters. The molecule has 1 N–H and O–H groups in total. The van der Waals surface area contributed by atoms with E-state index in [1.54, 1.807) is 0 Å². The number of nitrogens with zero attached hydrogens (tertiary/aromatic N) is 1. The van der Waals surface area contributed by atoms with Gasteiger partial charge < -0.3 is 9.67 Å². The molecule has 1 heterocycles. The van der Waals surface area contributed by atoms with Gasteiger partial charge in [0.1, 0.15) is 0 Å². The lowest BCUT2D eigenvalue weighted by molar-refractivity contribution is 0.273. The van der Waals surface area contributed by atoms with Gasteiger partial charge in [-0.3, -0.25) is 0 Å². The maximum atomic E-state index is 9.26. The molecule has 16 heavy (non-hydrogen) atoms. The summed E-state index contributed by atoms with van der Waals surface area (Å²) in [7, 11) is 0. The van der Waals surface area contributed by atoms with Crippen LogP contribution in [0.25, 0.3) is 10.9 Å². The molecule has 0 aliphatic carbocycles. The van der Waals surface area contributed by atoms with E-state index in [1.807, 2.05) is 0 Å². The third-order valence-electron chi connectivity index (χ3n) is 3.16. The van der Waals surface area contributed by atoms with Crippen molar-refractivity contribution in [2.24, 2.45) is 0 Å². The van der Waals surface area contributed by atoms with Gasteiger partial charge in [0.15, 0.2) is 0 Å². The van der Waals surface area contributed by atoms with Crippen LogP contribution < -0.4 is 0 Å². The Hall–Kier alpha value is -1.28. The smallest absolute Gasteiger partial charge is 0.0497 e. The second-order valence-electron chi connectivity index (χ2n) is 4.68. The molecule has 1 aromatic heterocycles. The lowest BCUT2D eigenvalue weighted by atomic mass is 9.98. The molecule has 0 aliphatic heterocycles. The summed E-state index contributed by atoms with van der Waals surface area (Å²) in [6.07, 6.45) is 2.13. The average Bonchev–Trinajstić information content (AvgIpc) is 2.71. The SMILES string of the molecule is CC(CO)c1cccc2c1ccn2C(C)C. The van der Waals surface area contributed by atoms with Crippen LogP contribution in [0.2, 0.25) is 0 Å². The van der Waals surface area contributed by atoms with Crippen molar-refractivity contribution in [1.82, 2.24) is 4.57 Å². The topological polar surface area (TPSA) is 25.2 Å². The number of benzene rings is 1. The number of fused-ring (bicyclic) bond motifs is 1. The van der Waals surface area contributed by atoms with Crippen molar-refractivity contribution in [2.75, 3.05) is 6.61 Å². The number of aliphatic hydroxyl groups excluding tert-OH is 1. The Bertz CT molecular complexity index is 484. The third-order valence-corrected chi connectivity index (χ3v) is 3.16. The minimum Gasteiger partial charge on any atom is -0.396 e. The highest BCUT2D eigenvalue weighted by Gasteiger charge is 2.11. The summed E-state index contributed by atoms with van der Waals surface area (Å²) in [5, 5.41) is 10.5. The lowest BCUT2D eigenvalue weighted by Crippen LogP contribution is -2.01. The number of hydrogen-bond acceptors (Lipinski definition) is 1. The van der Waals surface area contributed by atoms with Gasteiger partial charge in [-0.2, -0.15) is 0 Å². The Morgan fingerprint density at radius 2 is 1.94 bits per heavy atom. The summed E-state index contributed by atoms with van der Waals surface area (Å²) in [4.78, 5) is 0. The molecule has 0 saturated carbocycles. The van der Waals surface area contributed by atoms with Gasteiger partial charge in [0, 0.05) is 35.7 Å². The van der Waals surface area contributed by atoms with Crippen LogP contribution in [0.5, 0.6) is 0 Å². The van der Waals surface area contributed by atoms with Gasteiger partial charge in [0.2, 0.25) is 0 Å². The molecule has 0 fully saturated rings. The molecule has 86 valence electrons. The van der Waals surface area contributed by atoms with Crippen molar-refractivity contribution in [2.45, 2.75) is 32.7 Å². The molecule has 0 saturated heterocycles. The van der Waals surface area contributed by atoms with E-state index in [9.17, 15) is 5.11 Å².